The van der Waals surface area contributed by atoms with Crippen LogP contribution in [0.1, 0.15) is 13.8 Å². The van der Waals surface area contributed by atoms with Gasteiger partial charge in [-0.2, -0.15) is 12.6 Å². The van der Waals surface area contributed by atoms with Gasteiger partial charge < -0.3 is 5.11 Å². The van der Waals surface area contributed by atoms with E-state index in [-0.39, 0.29) is 21.1 Å². The van der Waals surface area contributed by atoms with Gasteiger partial charge in [-0.3, -0.25) is 0 Å². The van der Waals surface area contributed by atoms with Gasteiger partial charge >= 0.3 is 0 Å². The van der Waals surface area contributed by atoms with Crippen molar-refractivity contribution in [2.24, 2.45) is 0 Å². The molecule has 0 amide bonds. The monoisotopic (exact) mass is 405 g/mol. The van der Waals surface area contributed by atoms with Crippen LogP contribution >= 0.6 is 12.6 Å². The topological polar surface area (TPSA) is 20.2 Å². The van der Waals surface area contributed by atoms with E-state index in [2.05, 4.69) is 24.8 Å². The Hall–Kier alpha value is -0.302. The summed E-state index contributed by atoms with van der Waals surface area (Å²) in [6.45, 7) is 4.00. The number of thiol groups is 1. The summed E-state index contributed by atoms with van der Waals surface area (Å²) >= 11 is 4.23. The van der Waals surface area contributed by atoms with E-state index >= 15 is 0 Å². The maximum Gasteiger partial charge on any atom is 0.0319 e. The standard InChI is InChI=1S/C10H7S.C2H6.CH4O.W/c11-10-6-5-8-3-1-2-4-9(8)7-10;2*1-2;/h1-4,6-7,11H;1-2H3;2H,1H3;/q-1;;;. The van der Waals surface area contributed by atoms with Crippen molar-refractivity contribution in [1.29, 1.82) is 0 Å². The molecule has 0 aliphatic rings. The second-order valence-corrected chi connectivity index (χ2v) is 2.96. The summed E-state index contributed by atoms with van der Waals surface area (Å²) in [7, 11) is 1.00. The number of fused-ring (bicyclic) bond motifs is 1. The molecule has 1 nitrogen and oxygen atoms in total. The van der Waals surface area contributed by atoms with Crippen LogP contribution < -0.4 is 0 Å². The second kappa shape index (κ2) is 11.2. The molecule has 0 saturated heterocycles. The van der Waals surface area contributed by atoms with Crippen LogP contribution in [0, 0.1) is 6.07 Å². The van der Waals surface area contributed by atoms with Gasteiger partial charge in [0.15, 0.2) is 0 Å². The first-order valence-electron chi connectivity index (χ1n) is 4.90. The third-order valence-electron chi connectivity index (χ3n) is 1.64. The van der Waals surface area contributed by atoms with Gasteiger partial charge in [0.1, 0.15) is 0 Å². The number of benzene rings is 2. The largest absolute Gasteiger partial charge is 0.400 e. The van der Waals surface area contributed by atoms with E-state index in [1.807, 2.05) is 44.2 Å². The van der Waals surface area contributed by atoms with Gasteiger partial charge in [-0.05, 0) is 0 Å². The minimum atomic E-state index is 0. The van der Waals surface area contributed by atoms with E-state index in [1.165, 1.54) is 5.39 Å². The molecule has 0 aliphatic heterocycles. The zero-order valence-electron chi connectivity index (χ0n) is 9.77. The fourth-order valence-electron chi connectivity index (χ4n) is 1.11. The zero-order chi connectivity index (χ0) is 11.7. The van der Waals surface area contributed by atoms with Crippen molar-refractivity contribution < 1.29 is 26.2 Å². The summed E-state index contributed by atoms with van der Waals surface area (Å²) in [6, 6.07) is 15.2. The third-order valence-corrected chi connectivity index (χ3v) is 1.90. The summed E-state index contributed by atoms with van der Waals surface area (Å²) < 4.78 is 0. The summed E-state index contributed by atoms with van der Waals surface area (Å²) in [4.78, 5) is 0.962. The molecule has 0 spiro atoms. The molecule has 0 unspecified atom stereocenters. The van der Waals surface area contributed by atoms with Crippen LogP contribution in [-0.2, 0) is 21.1 Å². The first-order valence-corrected chi connectivity index (χ1v) is 5.35. The molecule has 3 heteroatoms. The molecule has 2 rings (SSSR count). The first-order chi connectivity index (χ1) is 7.36. The number of rotatable bonds is 0. The van der Waals surface area contributed by atoms with Gasteiger partial charge in [0.05, 0.1) is 0 Å². The van der Waals surface area contributed by atoms with Gasteiger partial charge in [0.2, 0.25) is 0 Å². The zero-order valence-corrected chi connectivity index (χ0v) is 13.6. The Morgan fingerprint density at radius 1 is 1.12 bits per heavy atom. The maximum atomic E-state index is 7.00. The van der Waals surface area contributed by atoms with E-state index in [1.54, 1.807) is 0 Å². The molecule has 1 N–H and O–H groups in total. The van der Waals surface area contributed by atoms with Crippen LogP contribution in [-0.4, -0.2) is 12.2 Å². The summed E-state index contributed by atoms with van der Waals surface area (Å²) in [5, 5.41) is 9.34. The van der Waals surface area contributed by atoms with Crippen LogP contribution in [0.25, 0.3) is 10.8 Å². The van der Waals surface area contributed by atoms with E-state index in [9.17, 15) is 0 Å². The average Bonchev–Trinajstić information content (AvgIpc) is 2.34. The molecular weight excluding hydrogens is 388 g/mol. The van der Waals surface area contributed by atoms with Crippen molar-refractivity contribution in [3.05, 3.63) is 42.5 Å². The van der Waals surface area contributed by atoms with Crippen LogP contribution in [0.4, 0.5) is 0 Å². The predicted octanol–water partition coefficient (Wildman–Crippen LogP) is 3.56. The van der Waals surface area contributed by atoms with Crippen LogP contribution in [0.15, 0.2) is 41.3 Å². The van der Waals surface area contributed by atoms with Gasteiger partial charge in [-0.1, -0.05) is 30.9 Å². The summed E-state index contributed by atoms with van der Waals surface area (Å²) in [6.07, 6.45) is 0. The number of aliphatic hydroxyl groups excluding tert-OH is 1. The minimum absolute atomic E-state index is 0. The molecule has 0 aliphatic carbocycles. The van der Waals surface area contributed by atoms with Crippen LogP contribution in [0.2, 0.25) is 0 Å². The van der Waals surface area contributed by atoms with Gasteiger partial charge in [0.25, 0.3) is 0 Å². The number of hydrogen-bond acceptors (Lipinski definition) is 2. The molecular formula is C13H17OSW-. The SMILES string of the molecule is CC.CO.Sc1c[c-]c2ccccc2c1.[W]. The van der Waals surface area contributed by atoms with Crippen molar-refractivity contribution in [3.63, 3.8) is 0 Å². The average molecular weight is 405 g/mol. The fourth-order valence-corrected chi connectivity index (χ4v) is 1.31. The molecule has 0 bridgehead atoms. The van der Waals surface area contributed by atoms with E-state index < -0.39 is 0 Å². The molecule has 88 valence electrons. The Bertz CT molecular complexity index is 390. The van der Waals surface area contributed by atoms with Crippen molar-refractivity contribution in [2.75, 3.05) is 7.11 Å². The Morgan fingerprint density at radius 3 is 2.31 bits per heavy atom. The Labute approximate surface area is 118 Å². The summed E-state index contributed by atoms with van der Waals surface area (Å²) in [5.74, 6) is 0. The fraction of sp³-hybridized carbons (Fsp3) is 0.231. The molecule has 2 aromatic rings. The predicted molar refractivity (Wildman–Crippen MR) is 69.5 cm³/mol. The van der Waals surface area contributed by atoms with Crippen molar-refractivity contribution >= 4 is 23.4 Å². The van der Waals surface area contributed by atoms with Gasteiger partial charge in [0, 0.05) is 28.2 Å². The molecule has 0 radical (unpaired) electrons. The summed E-state index contributed by atoms with van der Waals surface area (Å²) in [5.41, 5.74) is 0. The minimum Gasteiger partial charge on any atom is -0.400 e. The molecule has 2 aromatic carbocycles. The number of hydrogen-bond donors (Lipinski definition) is 2. The van der Waals surface area contributed by atoms with Crippen molar-refractivity contribution in [2.45, 2.75) is 18.7 Å². The van der Waals surface area contributed by atoms with Crippen LogP contribution in [0.5, 0.6) is 0 Å². The molecule has 0 heterocycles. The smallest absolute Gasteiger partial charge is 0.0319 e. The van der Waals surface area contributed by atoms with E-state index in [0.717, 1.165) is 17.4 Å². The Kier molecular flexibility index (Phi) is 12.6. The second-order valence-electron chi connectivity index (χ2n) is 2.45. The van der Waals surface area contributed by atoms with Gasteiger partial charge in [-0.15, -0.1) is 41.1 Å². The maximum absolute atomic E-state index is 7.00. The van der Waals surface area contributed by atoms with E-state index in [4.69, 9.17) is 5.11 Å². The van der Waals surface area contributed by atoms with E-state index in [0.29, 0.717) is 0 Å². The Balaban J connectivity index is 0. The first kappa shape index (κ1) is 18.1. The van der Waals surface area contributed by atoms with Crippen molar-refractivity contribution in [1.82, 2.24) is 0 Å². The quantitative estimate of drug-likeness (QED) is 0.508. The molecule has 0 atom stereocenters. The molecule has 16 heavy (non-hydrogen) atoms. The van der Waals surface area contributed by atoms with Crippen molar-refractivity contribution in [3.8, 4) is 0 Å². The van der Waals surface area contributed by atoms with Gasteiger partial charge in [-0.25, -0.2) is 0 Å². The third kappa shape index (κ3) is 5.69. The molecule has 0 aromatic heterocycles. The molecule has 0 fully saturated rings. The normalized spacial score (nSPS) is 7.81. The molecule has 0 saturated carbocycles. The number of aliphatic hydroxyl groups is 1. The van der Waals surface area contributed by atoms with Crippen LogP contribution in [0.3, 0.4) is 0 Å². The Morgan fingerprint density at radius 2 is 1.69 bits per heavy atom.